The summed E-state index contributed by atoms with van der Waals surface area (Å²) in [4.78, 5) is 0. The van der Waals surface area contributed by atoms with Crippen LogP contribution < -0.4 is 5.32 Å². The van der Waals surface area contributed by atoms with Gasteiger partial charge in [-0.3, -0.25) is 0 Å². The topological polar surface area (TPSA) is 12.0 Å². The predicted molar refractivity (Wildman–Crippen MR) is 132 cm³/mol. The smallest absolute Gasteiger partial charge is 0.0754 e. The van der Waals surface area contributed by atoms with Gasteiger partial charge in [-0.2, -0.15) is 0 Å². The maximum atomic E-state index is 3.68. The van der Waals surface area contributed by atoms with Crippen LogP contribution in [0.15, 0.2) is 84.9 Å². The normalized spacial score (nSPS) is 14.6. The molecule has 4 aromatic carbocycles. The summed E-state index contributed by atoms with van der Waals surface area (Å²) in [6.07, 6.45) is 0. The van der Waals surface area contributed by atoms with Gasteiger partial charge in [-0.15, -0.1) is 0 Å². The molecule has 3 heteroatoms. The van der Waals surface area contributed by atoms with E-state index in [2.05, 4.69) is 135 Å². The van der Waals surface area contributed by atoms with E-state index < -0.39 is 0 Å². The highest BCUT2D eigenvalue weighted by molar-refractivity contribution is 14.1. The van der Waals surface area contributed by atoms with Gasteiger partial charge in [-0.1, -0.05) is 48.5 Å². The largest absolute Gasteiger partial charge is 0.355 e. The lowest BCUT2D eigenvalue weighted by molar-refractivity contribution is 0.762. The highest BCUT2D eigenvalue weighted by atomic mass is 127. The van der Waals surface area contributed by atoms with Crippen molar-refractivity contribution in [1.29, 1.82) is 0 Å². The SMILES string of the molecule is Ic1ccc2c(c1)C1(c3ccccc3Nc3ccccc31)c1cc(I)ccc1-2. The van der Waals surface area contributed by atoms with Gasteiger partial charge in [0.1, 0.15) is 0 Å². The minimum Gasteiger partial charge on any atom is -0.355 e. The van der Waals surface area contributed by atoms with Gasteiger partial charge in [0.2, 0.25) is 0 Å². The van der Waals surface area contributed by atoms with Crippen LogP contribution in [0.4, 0.5) is 11.4 Å². The number of nitrogens with one attached hydrogen (secondary N) is 1. The number of halogens is 2. The summed E-state index contributed by atoms with van der Waals surface area (Å²) in [5.41, 5.74) is 10.2. The van der Waals surface area contributed by atoms with E-state index in [1.807, 2.05) is 0 Å². The highest BCUT2D eigenvalue weighted by Crippen LogP contribution is 2.61. The molecule has 0 amide bonds. The van der Waals surface area contributed by atoms with Crippen LogP contribution in [0, 0.1) is 7.14 Å². The second-order valence-corrected chi connectivity index (χ2v) is 9.84. The van der Waals surface area contributed by atoms with E-state index in [0.29, 0.717) is 0 Å². The molecule has 0 radical (unpaired) electrons. The zero-order valence-electron chi connectivity index (χ0n) is 14.8. The summed E-state index contributed by atoms with van der Waals surface area (Å²) in [6.45, 7) is 0. The molecule has 1 aliphatic carbocycles. The van der Waals surface area contributed by atoms with E-state index >= 15 is 0 Å². The monoisotopic (exact) mass is 583 g/mol. The standard InChI is InChI=1S/C25H15I2N/c26-15-9-11-17-18-12-10-16(27)14-22(18)25(21(17)13-15)19-5-1-3-7-23(19)28-24-8-4-2-6-20(24)25/h1-14,28H. The number of fused-ring (bicyclic) bond motifs is 9. The van der Waals surface area contributed by atoms with Crippen molar-refractivity contribution in [3.63, 3.8) is 0 Å². The molecule has 0 bridgehead atoms. The Morgan fingerprint density at radius 3 is 1.50 bits per heavy atom. The van der Waals surface area contributed by atoms with Crippen LogP contribution >= 0.6 is 45.2 Å². The Labute approximate surface area is 191 Å². The Morgan fingerprint density at radius 1 is 0.536 bits per heavy atom. The number of rotatable bonds is 0. The fourth-order valence-electron chi connectivity index (χ4n) is 4.98. The van der Waals surface area contributed by atoms with Crippen molar-refractivity contribution in [1.82, 2.24) is 0 Å². The summed E-state index contributed by atoms with van der Waals surface area (Å²) in [5.74, 6) is 0. The number of hydrogen-bond donors (Lipinski definition) is 1. The summed E-state index contributed by atoms with van der Waals surface area (Å²) in [6, 6.07) is 31.3. The molecule has 1 nitrogen and oxygen atoms in total. The maximum Gasteiger partial charge on any atom is 0.0754 e. The fourth-order valence-corrected chi connectivity index (χ4v) is 5.96. The van der Waals surface area contributed by atoms with Gasteiger partial charge in [0.25, 0.3) is 0 Å². The van der Waals surface area contributed by atoms with Gasteiger partial charge in [0, 0.05) is 18.5 Å². The molecule has 6 rings (SSSR count). The zero-order valence-corrected chi connectivity index (χ0v) is 19.2. The average molecular weight is 583 g/mol. The molecule has 1 heterocycles. The first-order valence-corrected chi connectivity index (χ1v) is 11.4. The second kappa shape index (κ2) is 6.07. The summed E-state index contributed by atoms with van der Waals surface area (Å²) in [7, 11) is 0. The molecule has 0 aromatic heterocycles. The van der Waals surface area contributed by atoms with E-state index in [0.717, 1.165) is 0 Å². The van der Waals surface area contributed by atoms with Crippen molar-refractivity contribution in [3.05, 3.63) is 114 Å². The molecular weight excluding hydrogens is 568 g/mol. The Bertz CT molecular complexity index is 1180. The van der Waals surface area contributed by atoms with Crippen LogP contribution in [0.5, 0.6) is 0 Å². The lowest BCUT2D eigenvalue weighted by Crippen LogP contribution is -2.33. The molecule has 0 saturated heterocycles. The molecule has 134 valence electrons. The molecule has 2 aliphatic rings. The van der Waals surface area contributed by atoms with Gasteiger partial charge >= 0.3 is 0 Å². The second-order valence-electron chi connectivity index (χ2n) is 7.35. The molecular formula is C25H15I2N. The first-order chi connectivity index (χ1) is 13.7. The molecule has 0 fully saturated rings. The van der Waals surface area contributed by atoms with Gasteiger partial charge in [-0.25, -0.2) is 0 Å². The van der Waals surface area contributed by atoms with E-state index in [-0.39, 0.29) is 5.41 Å². The van der Waals surface area contributed by atoms with Gasteiger partial charge in [0.15, 0.2) is 0 Å². The van der Waals surface area contributed by atoms with Crippen molar-refractivity contribution >= 4 is 56.6 Å². The van der Waals surface area contributed by atoms with E-state index in [9.17, 15) is 0 Å². The van der Waals surface area contributed by atoms with Crippen molar-refractivity contribution < 1.29 is 0 Å². The molecule has 4 aromatic rings. The third-order valence-electron chi connectivity index (χ3n) is 5.99. The predicted octanol–water partition coefficient (Wildman–Crippen LogP) is 7.32. The Kier molecular flexibility index (Phi) is 3.69. The van der Waals surface area contributed by atoms with Crippen LogP contribution in [0.25, 0.3) is 11.1 Å². The zero-order chi connectivity index (χ0) is 18.9. The maximum absolute atomic E-state index is 3.68. The van der Waals surface area contributed by atoms with E-state index in [1.54, 1.807) is 0 Å². The van der Waals surface area contributed by atoms with E-state index in [4.69, 9.17) is 0 Å². The van der Waals surface area contributed by atoms with Crippen LogP contribution in [0.1, 0.15) is 22.3 Å². The summed E-state index contributed by atoms with van der Waals surface area (Å²) in [5, 5.41) is 3.68. The van der Waals surface area contributed by atoms with Crippen LogP contribution in [0.3, 0.4) is 0 Å². The fraction of sp³-hybridized carbons (Fsp3) is 0.0400. The molecule has 1 N–H and O–H groups in total. The molecule has 28 heavy (non-hydrogen) atoms. The third kappa shape index (κ3) is 2.12. The van der Waals surface area contributed by atoms with E-state index in [1.165, 1.54) is 51.9 Å². The minimum atomic E-state index is -0.286. The number of hydrogen-bond acceptors (Lipinski definition) is 1. The number of benzene rings is 4. The Morgan fingerprint density at radius 2 is 1.00 bits per heavy atom. The number of anilines is 2. The van der Waals surface area contributed by atoms with Crippen molar-refractivity contribution in [2.24, 2.45) is 0 Å². The minimum absolute atomic E-state index is 0.286. The molecule has 1 aliphatic heterocycles. The molecule has 0 unspecified atom stereocenters. The summed E-state index contributed by atoms with van der Waals surface area (Å²) >= 11 is 4.88. The first kappa shape index (κ1) is 17.0. The average Bonchev–Trinajstić information content (AvgIpc) is 2.98. The lowest BCUT2D eigenvalue weighted by atomic mass is 9.65. The van der Waals surface area contributed by atoms with Gasteiger partial charge in [0.05, 0.1) is 5.41 Å². The van der Waals surface area contributed by atoms with Crippen molar-refractivity contribution in [2.75, 3.05) is 5.32 Å². The van der Waals surface area contributed by atoms with Crippen LogP contribution in [-0.4, -0.2) is 0 Å². The molecule has 0 saturated carbocycles. The van der Waals surface area contributed by atoms with Crippen LogP contribution in [-0.2, 0) is 5.41 Å². The van der Waals surface area contributed by atoms with Gasteiger partial charge in [-0.05, 0) is 115 Å². The lowest BCUT2D eigenvalue weighted by Gasteiger charge is -2.40. The molecule has 1 spiro atoms. The first-order valence-electron chi connectivity index (χ1n) is 9.26. The third-order valence-corrected chi connectivity index (χ3v) is 7.33. The van der Waals surface area contributed by atoms with Crippen molar-refractivity contribution in [2.45, 2.75) is 5.41 Å². The van der Waals surface area contributed by atoms with Crippen LogP contribution in [0.2, 0.25) is 0 Å². The highest BCUT2D eigenvalue weighted by Gasteiger charge is 2.50. The number of para-hydroxylation sites is 2. The van der Waals surface area contributed by atoms with Crippen molar-refractivity contribution in [3.8, 4) is 11.1 Å². The van der Waals surface area contributed by atoms with Gasteiger partial charge < -0.3 is 5.32 Å². The quantitative estimate of drug-likeness (QED) is 0.185. The summed E-state index contributed by atoms with van der Waals surface area (Å²) < 4.78 is 2.54. The molecule has 0 atom stereocenters. The Hall–Kier alpha value is -1.86. The Balaban J connectivity index is 1.87.